The van der Waals surface area contributed by atoms with E-state index in [4.69, 9.17) is 4.52 Å². The molecular weight excluding hydrogens is 391 g/mol. The fourth-order valence-corrected chi connectivity index (χ4v) is 2.19. The van der Waals surface area contributed by atoms with Gasteiger partial charge in [-0.2, -0.15) is 0 Å². The number of hydrogen-bond acceptors (Lipinski definition) is 3. The van der Waals surface area contributed by atoms with Crippen LogP contribution in [0.5, 0.6) is 0 Å². The number of nitrogens with one attached hydrogen (secondary N) is 2. The van der Waals surface area contributed by atoms with Gasteiger partial charge in [-0.15, -0.1) is 24.0 Å². The molecule has 0 saturated heterocycles. The van der Waals surface area contributed by atoms with Gasteiger partial charge in [-0.05, 0) is 6.42 Å². The summed E-state index contributed by atoms with van der Waals surface area (Å²) in [6, 6.07) is 1.85. The van der Waals surface area contributed by atoms with Gasteiger partial charge in [-0.25, -0.2) is 0 Å². The van der Waals surface area contributed by atoms with Crippen molar-refractivity contribution < 1.29 is 4.52 Å². The molecular formula is C16H31IN4O. The lowest BCUT2D eigenvalue weighted by Crippen LogP contribution is -2.37. The zero-order valence-corrected chi connectivity index (χ0v) is 16.3. The molecule has 0 unspecified atom stereocenters. The van der Waals surface area contributed by atoms with Crippen molar-refractivity contribution in [1.82, 2.24) is 15.8 Å². The average Bonchev–Trinajstić information content (AvgIpc) is 3.02. The minimum absolute atomic E-state index is 0. The Bertz CT molecular complexity index is 368. The first-order chi connectivity index (χ1) is 10.4. The van der Waals surface area contributed by atoms with Crippen molar-refractivity contribution in [2.24, 2.45) is 4.99 Å². The van der Waals surface area contributed by atoms with E-state index < -0.39 is 0 Å². The van der Waals surface area contributed by atoms with E-state index in [0.29, 0.717) is 6.54 Å². The molecule has 0 saturated carbocycles. The van der Waals surface area contributed by atoms with Gasteiger partial charge in [0.15, 0.2) is 5.96 Å². The molecule has 0 bridgehead atoms. The lowest BCUT2D eigenvalue weighted by molar-refractivity contribution is 0.410. The quantitative estimate of drug-likeness (QED) is 0.244. The molecule has 1 aromatic rings. The zero-order chi connectivity index (χ0) is 15.2. The monoisotopic (exact) mass is 422 g/mol. The highest BCUT2D eigenvalue weighted by molar-refractivity contribution is 14.0. The molecule has 6 heteroatoms. The third-order valence-corrected chi connectivity index (χ3v) is 3.47. The van der Waals surface area contributed by atoms with Crippen molar-refractivity contribution in [3.05, 3.63) is 18.0 Å². The van der Waals surface area contributed by atoms with Crippen molar-refractivity contribution in [3.8, 4) is 0 Å². The third-order valence-electron chi connectivity index (χ3n) is 3.47. The standard InChI is InChI=1S/C16H30N4O.HI/c1-3-4-5-6-7-8-9-10-12-18-16(17-2)19-14-15-11-13-21-20-15;/h11,13H,3-10,12,14H2,1-2H3,(H2,17,18,19);1H. The zero-order valence-electron chi connectivity index (χ0n) is 13.9. The number of aromatic nitrogens is 1. The molecule has 0 aliphatic rings. The van der Waals surface area contributed by atoms with E-state index in [1.165, 1.54) is 51.4 Å². The van der Waals surface area contributed by atoms with E-state index in [9.17, 15) is 0 Å². The molecule has 2 N–H and O–H groups in total. The Kier molecular flexibility index (Phi) is 14.6. The van der Waals surface area contributed by atoms with Crippen LogP contribution >= 0.6 is 24.0 Å². The maximum Gasteiger partial charge on any atom is 0.191 e. The summed E-state index contributed by atoms with van der Waals surface area (Å²) in [5.41, 5.74) is 0.880. The normalized spacial score (nSPS) is 11.1. The molecule has 0 aliphatic carbocycles. The largest absolute Gasteiger partial charge is 0.364 e. The van der Waals surface area contributed by atoms with Crippen LogP contribution < -0.4 is 10.6 Å². The van der Waals surface area contributed by atoms with E-state index in [-0.39, 0.29) is 24.0 Å². The maximum atomic E-state index is 4.79. The van der Waals surface area contributed by atoms with Gasteiger partial charge in [-0.3, -0.25) is 4.99 Å². The van der Waals surface area contributed by atoms with Gasteiger partial charge in [0.1, 0.15) is 12.0 Å². The predicted molar refractivity (Wildman–Crippen MR) is 103 cm³/mol. The van der Waals surface area contributed by atoms with Crippen LogP contribution in [0.15, 0.2) is 21.8 Å². The molecule has 0 amide bonds. The number of rotatable bonds is 11. The first-order valence-electron chi connectivity index (χ1n) is 8.20. The Morgan fingerprint density at radius 1 is 1.09 bits per heavy atom. The summed E-state index contributed by atoms with van der Waals surface area (Å²) in [7, 11) is 1.78. The number of guanidine groups is 1. The molecule has 0 fully saturated rings. The van der Waals surface area contributed by atoms with Crippen molar-refractivity contribution in [1.29, 1.82) is 0 Å². The number of unbranched alkanes of at least 4 members (excludes halogenated alkanes) is 7. The van der Waals surface area contributed by atoms with Gasteiger partial charge < -0.3 is 15.2 Å². The van der Waals surface area contributed by atoms with Gasteiger partial charge >= 0.3 is 0 Å². The van der Waals surface area contributed by atoms with E-state index >= 15 is 0 Å². The first kappa shape index (κ1) is 21.2. The summed E-state index contributed by atoms with van der Waals surface area (Å²) < 4.78 is 4.79. The maximum absolute atomic E-state index is 4.79. The Morgan fingerprint density at radius 2 is 1.77 bits per heavy atom. The second kappa shape index (κ2) is 15.1. The lowest BCUT2D eigenvalue weighted by Gasteiger charge is -2.10. The van der Waals surface area contributed by atoms with Crippen LogP contribution in [0.25, 0.3) is 0 Å². The topological polar surface area (TPSA) is 62.5 Å². The highest BCUT2D eigenvalue weighted by atomic mass is 127. The highest BCUT2D eigenvalue weighted by Gasteiger charge is 1.99. The Balaban J connectivity index is 0.00000441. The summed E-state index contributed by atoms with van der Waals surface area (Å²) in [5.74, 6) is 0.820. The van der Waals surface area contributed by atoms with E-state index in [1.807, 2.05) is 6.07 Å². The summed E-state index contributed by atoms with van der Waals surface area (Å²) >= 11 is 0. The van der Waals surface area contributed by atoms with Crippen LogP contribution in [-0.4, -0.2) is 24.7 Å². The van der Waals surface area contributed by atoms with Gasteiger partial charge in [0.25, 0.3) is 0 Å². The molecule has 22 heavy (non-hydrogen) atoms. The van der Waals surface area contributed by atoms with Crippen molar-refractivity contribution in [3.63, 3.8) is 0 Å². The van der Waals surface area contributed by atoms with Crippen molar-refractivity contribution >= 4 is 29.9 Å². The van der Waals surface area contributed by atoms with Gasteiger partial charge in [0.2, 0.25) is 0 Å². The number of aliphatic imine (C=N–C) groups is 1. The molecule has 5 nitrogen and oxygen atoms in total. The molecule has 0 atom stereocenters. The second-order valence-electron chi connectivity index (χ2n) is 5.32. The Morgan fingerprint density at radius 3 is 2.36 bits per heavy atom. The lowest BCUT2D eigenvalue weighted by atomic mass is 10.1. The van der Waals surface area contributed by atoms with Crippen LogP contribution in [-0.2, 0) is 6.54 Å². The van der Waals surface area contributed by atoms with E-state index in [1.54, 1.807) is 13.3 Å². The second-order valence-corrected chi connectivity index (χ2v) is 5.32. The molecule has 0 radical (unpaired) electrons. The number of halogens is 1. The van der Waals surface area contributed by atoms with Gasteiger partial charge in [0, 0.05) is 19.7 Å². The van der Waals surface area contributed by atoms with Crippen molar-refractivity contribution in [2.45, 2.75) is 64.8 Å². The van der Waals surface area contributed by atoms with E-state index in [2.05, 4.69) is 27.7 Å². The summed E-state index contributed by atoms with van der Waals surface area (Å²) in [5, 5.41) is 10.4. The van der Waals surface area contributed by atoms with Crippen LogP contribution in [0.3, 0.4) is 0 Å². The highest BCUT2D eigenvalue weighted by Crippen LogP contribution is 2.07. The molecule has 1 rings (SSSR count). The van der Waals surface area contributed by atoms with Crippen LogP contribution in [0, 0.1) is 0 Å². The number of hydrogen-bond donors (Lipinski definition) is 2. The molecule has 0 aliphatic heterocycles. The summed E-state index contributed by atoms with van der Waals surface area (Å²) in [6.45, 7) is 3.86. The van der Waals surface area contributed by atoms with E-state index in [0.717, 1.165) is 18.2 Å². The van der Waals surface area contributed by atoms with Gasteiger partial charge in [0.05, 0.1) is 6.54 Å². The molecule has 0 aromatic carbocycles. The SMILES string of the molecule is CCCCCCCCCCNC(=NC)NCc1ccon1.I. The molecule has 0 spiro atoms. The fourth-order valence-electron chi connectivity index (χ4n) is 2.19. The molecule has 1 heterocycles. The minimum Gasteiger partial charge on any atom is -0.364 e. The molecule has 1 aromatic heterocycles. The van der Waals surface area contributed by atoms with Gasteiger partial charge in [-0.1, -0.05) is 57.0 Å². The third kappa shape index (κ3) is 10.9. The summed E-state index contributed by atoms with van der Waals surface area (Å²) in [6.07, 6.45) is 12.3. The smallest absolute Gasteiger partial charge is 0.191 e. The first-order valence-corrected chi connectivity index (χ1v) is 8.20. The van der Waals surface area contributed by atoms with Crippen LogP contribution in [0.4, 0.5) is 0 Å². The van der Waals surface area contributed by atoms with Crippen LogP contribution in [0.1, 0.15) is 64.0 Å². The minimum atomic E-state index is 0. The summed E-state index contributed by atoms with van der Waals surface area (Å²) in [4.78, 5) is 4.19. The predicted octanol–water partition coefficient (Wildman–Crippen LogP) is 4.10. The Hall–Kier alpha value is -0.790. The van der Waals surface area contributed by atoms with Crippen LogP contribution in [0.2, 0.25) is 0 Å². The molecule has 128 valence electrons. The Labute approximate surface area is 151 Å². The van der Waals surface area contributed by atoms with Crippen molar-refractivity contribution in [2.75, 3.05) is 13.6 Å². The fraction of sp³-hybridized carbons (Fsp3) is 0.750. The number of nitrogens with zero attached hydrogens (tertiary/aromatic N) is 2. The average molecular weight is 422 g/mol.